The fourth-order valence-corrected chi connectivity index (χ4v) is 9.05. The van der Waals surface area contributed by atoms with Crippen LogP contribution in [-0.2, 0) is 85.8 Å². The highest BCUT2D eigenvalue weighted by molar-refractivity contribution is 5.82. The molecule has 0 aromatic rings. The molecule has 18 nitrogen and oxygen atoms in total. The maximum absolute atomic E-state index is 12.1. The Morgan fingerprint density at radius 3 is 1.58 bits per heavy atom. The van der Waals surface area contributed by atoms with Crippen LogP contribution in [0.4, 0.5) is 0 Å². The topological polar surface area (TPSA) is 237 Å². The number of rotatable bonds is 15. The van der Waals surface area contributed by atoms with Crippen molar-refractivity contribution in [3.05, 3.63) is 0 Å². The van der Waals surface area contributed by atoms with Crippen LogP contribution < -0.4 is 0 Å². The first-order chi connectivity index (χ1) is 30.0. The van der Waals surface area contributed by atoms with E-state index in [1.54, 1.807) is 41.5 Å². The Labute approximate surface area is 374 Å². The molecule has 4 aliphatic carbocycles. The molecule has 0 radical (unpaired) electrons. The van der Waals surface area contributed by atoms with Crippen LogP contribution >= 0.6 is 0 Å². The molecule has 4 heterocycles. The van der Waals surface area contributed by atoms with Gasteiger partial charge in [0.2, 0.25) is 0 Å². The van der Waals surface area contributed by atoms with Gasteiger partial charge in [0.1, 0.15) is 37.1 Å². The third kappa shape index (κ3) is 12.1. The number of carbonyl (C=O) groups excluding carboxylic acids is 9. The molecule has 11 atom stereocenters. The van der Waals surface area contributed by atoms with Crippen molar-refractivity contribution in [1.29, 1.82) is 0 Å². The van der Waals surface area contributed by atoms with Crippen LogP contribution in [-0.4, -0.2) is 111 Å². The number of carbonyl (C=O) groups is 9. The molecule has 0 amide bonds. The summed E-state index contributed by atoms with van der Waals surface area (Å²) in [7, 11) is 0. The molecule has 6 bridgehead atoms. The van der Waals surface area contributed by atoms with Crippen molar-refractivity contribution in [2.45, 2.75) is 157 Å². The minimum absolute atomic E-state index is 0.00636. The molecule has 8 fully saturated rings. The molecule has 0 aromatic heterocycles. The maximum atomic E-state index is 12.1. The van der Waals surface area contributed by atoms with Gasteiger partial charge in [-0.25, -0.2) is 14.4 Å². The average Bonchev–Trinajstić information content (AvgIpc) is 3.98. The number of hydrogen-bond acceptors (Lipinski definition) is 18. The van der Waals surface area contributed by atoms with E-state index in [4.69, 9.17) is 37.9 Å². The van der Waals surface area contributed by atoms with Crippen LogP contribution in [0.2, 0.25) is 0 Å². The molecule has 0 aromatic carbocycles. The van der Waals surface area contributed by atoms with Gasteiger partial charge in [-0.2, -0.15) is 0 Å². The first kappa shape index (κ1) is 50.2. The largest absolute Gasteiger partial charge is 0.462 e. The predicted octanol–water partition coefficient (Wildman–Crippen LogP) is 4.52. The fourth-order valence-electron chi connectivity index (χ4n) is 9.05. The van der Waals surface area contributed by atoms with Gasteiger partial charge >= 0.3 is 53.7 Å². The minimum atomic E-state index is -0.668. The number of fused-ring (bicyclic) bond motifs is 2. The molecule has 8 aliphatic rings. The highest BCUT2D eigenvalue weighted by Crippen LogP contribution is 2.55. The van der Waals surface area contributed by atoms with Crippen LogP contribution in [0.1, 0.15) is 127 Å². The van der Waals surface area contributed by atoms with E-state index >= 15 is 0 Å². The van der Waals surface area contributed by atoms with Crippen LogP contribution in [0.25, 0.3) is 0 Å². The Kier molecular flexibility index (Phi) is 16.2. The van der Waals surface area contributed by atoms with Crippen LogP contribution in [0, 0.1) is 51.8 Å². The molecular formula is C46H66O18. The van der Waals surface area contributed by atoms with Crippen molar-refractivity contribution in [1.82, 2.24) is 0 Å². The summed E-state index contributed by atoms with van der Waals surface area (Å²) < 4.78 is 46.4. The molecule has 18 heteroatoms. The van der Waals surface area contributed by atoms with Crippen molar-refractivity contribution in [3.8, 4) is 0 Å². The molecule has 0 spiro atoms. The van der Waals surface area contributed by atoms with E-state index in [0.717, 1.165) is 38.5 Å². The Balaban J connectivity index is 0.000000183. The second kappa shape index (κ2) is 20.6. The summed E-state index contributed by atoms with van der Waals surface area (Å²) in [4.78, 5) is 105. The molecule has 4 saturated carbocycles. The lowest BCUT2D eigenvalue weighted by Gasteiger charge is -2.41. The Morgan fingerprint density at radius 1 is 0.578 bits per heavy atom. The Bertz CT molecular complexity index is 1800. The van der Waals surface area contributed by atoms with Crippen LogP contribution in [0.5, 0.6) is 0 Å². The van der Waals surface area contributed by atoms with Gasteiger partial charge in [-0.15, -0.1) is 0 Å². The lowest BCUT2D eigenvalue weighted by Crippen LogP contribution is -2.45. The van der Waals surface area contributed by atoms with E-state index in [2.05, 4.69) is 4.74 Å². The smallest absolute Gasteiger partial charge is 0.344 e. The van der Waals surface area contributed by atoms with Crippen molar-refractivity contribution in [2.24, 2.45) is 51.8 Å². The quantitative estimate of drug-likeness (QED) is 0.162. The van der Waals surface area contributed by atoms with Gasteiger partial charge in [0, 0.05) is 17.8 Å². The van der Waals surface area contributed by atoms with Gasteiger partial charge < -0.3 is 42.6 Å². The molecule has 11 unspecified atom stereocenters. The maximum Gasteiger partial charge on any atom is 0.344 e. The van der Waals surface area contributed by atoms with Crippen molar-refractivity contribution in [3.63, 3.8) is 0 Å². The predicted molar refractivity (Wildman–Crippen MR) is 219 cm³/mol. The van der Waals surface area contributed by atoms with E-state index in [1.165, 1.54) is 0 Å². The minimum Gasteiger partial charge on any atom is -0.462 e. The summed E-state index contributed by atoms with van der Waals surface area (Å²) in [5, 5.41) is 0. The normalized spacial score (nSPS) is 30.5. The lowest BCUT2D eigenvalue weighted by atomic mass is 9.67. The summed E-state index contributed by atoms with van der Waals surface area (Å²) in [5.41, 5.74) is -1.84. The molecule has 8 rings (SSSR count). The van der Waals surface area contributed by atoms with E-state index in [9.17, 15) is 43.2 Å². The summed E-state index contributed by atoms with van der Waals surface area (Å²) in [6.45, 7) is 15.1. The number of esters is 9. The average molecular weight is 907 g/mol. The molecule has 0 N–H and O–H groups in total. The van der Waals surface area contributed by atoms with Gasteiger partial charge in [-0.1, -0.05) is 20.8 Å². The number of cyclic esters (lactones) is 1. The van der Waals surface area contributed by atoms with E-state index in [1.807, 2.05) is 20.8 Å². The monoisotopic (exact) mass is 906 g/mol. The first-order valence-electron chi connectivity index (χ1n) is 22.6. The summed E-state index contributed by atoms with van der Waals surface area (Å²) in [5.74, 6) is -2.78. The second-order valence-electron chi connectivity index (χ2n) is 20.0. The third-order valence-corrected chi connectivity index (χ3v) is 14.2. The Hall–Kier alpha value is -4.77. The SMILES string of the molecule is CCC(C)(C)C(=O)OCC(=O)OC1C2CC3C(=O)OC1C3C2.CCC(C)(C)C(=O)OCC(=O)OC1C2CC3CC(C2)C(=O)OC1C3.CCC(C)(C)C(=O)OCC(=O)OC1COC(=O)C1. The molecule has 358 valence electrons. The number of ether oxygens (including phenoxy) is 9. The van der Waals surface area contributed by atoms with E-state index in [0.29, 0.717) is 25.2 Å². The third-order valence-electron chi connectivity index (χ3n) is 14.2. The molecular weight excluding hydrogens is 840 g/mol. The summed E-state index contributed by atoms with van der Waals surface area (Å²) in [6, 6.07) is 0. The molecule has 4 aliphatic heterocycles. The van der Waals surface area contributed by atoms with E-state index < -0.39 is 76.8 Å². The number of hydrogen-bond donors (Lipinski definition) is 0. The first-order valence-corrected chi connectivity index (χ1v) is 22.6. The standard InChI is InChI=1S/C18H26O6.C16H22O6.C12H18O6/c1-4-18(2,3)17(21)22-9-14(19)24-15-11-5-10-6-12(8-11)16(20)23-13(15)7-10;1-4-16(2,3)15(19)20-7-11(17)21-12-8-5-9-10(6-8)14(18)22-13(9)12;1-4-12(2,3)11(15)17-7-10(14)18-8-5-9(13)16-6-8/h10-13,15H,4-9H2,1-3H3;8-10,12-13H,4-7H2,1-3H3;8H,4-7H2,1-3H3. The zero-order chi connectivity index (χ0) is 47.3. The van der Waals surface area contributed by atoms with Gasteiger partial charge in [-0.3, -0.25) is 28.8 Å². The lowest BCUT2D eigenvalue weighted by molar-refractivity contribution is -0.180. The van der Waals surface area contributed by atoms with Crippen molar-refractivity contribution >= 4 is 53.7 Å². The zero-order valence-electron chi connectivity index (χ0n) is 38.6. The van der Waals surface area contributed by atoms with Crippen LogP contribution in [0.3, 0.4) is 0 Å². The summed E-state index contributed by atoms with van der Waals surface area (Å²) in [6.07, 6.45) is 4.92. The highest BCUT2D eigenvalue weighted by Gasteiger charge is 2.63. The highest BCUT2D eigenvalue weighted by atomic mass is 16.6. The zero-order valence-corrected chi connectivity index (χ0v) is 38.6. The van der Waals surface area contributed by atoms with Gasteiger partial charge in [0.05, 0.1) is 34.5 Å². The van der Waals surface area contributed by atoms with Gasteiger partial charge in [-0.05, 0) is 105 Å². The van der Waals surface area contributed by atoms with Gasteiger partial charge in [0.15, 0.2) is 19.8 Å². The van der Waals surface area contributed by atoms with Crippen LogP contribution in [0.15, 0.2) is 0 Å². The molecule has 64 heavy (non-hydrogen) atoms. The fraction of sp³-hybridized carbons (Fsp3) is 0.804. The van der Waals surface area contributed by atoms with Crippen molar-refractivity contribution < 1.29 is 85.8 Å². The molecule has 4 saturated heterocycles. The van der Waals surface area contributed by atoms with E-state index in [-0.39, 0.29) is 86.1 Å². The van der Waals surface area contributed by atoms with Crippen molar-refractivity contribution in [2.75, 3.05) is 26.4 Å². The Morgan fingerprint density at radius 2 is 1.08 bits per heavy atom. The second-order valence-corrected chi connectivity index (χ2v) is 20.0. The summed E-state index contributed by atoms with van der Waals surface area (Å²) >= 11 is 0. The van der Waals surface area contributed by atoms with Gasteiger partial charge in [0.25, 0.3) is 0 Å².